The van der Waals surface area contributed by atoms with E-state index in [-0.39, 0.29) is 12.6 Å². The highest BCUT2D eigenvalue weighted by Gasteiger charge is 2.75. The number of hydrogen-bond donors (Lipinski definition) is 2. The first-order valence-electron chi connectivity index (χ1n) is 8.23. The van der Waals surface area contributed by atoms with Crippen LogP contribution in [-0.2, 0) is 19.1 Å². The van der Waals surface area contributed by atoms with Gasteiger partial charge in [0.05, 0.1) is 5.41 Å². The van der Waals surface area contributed by atoms with Gasteiger partial charge < -0.3 is 9.47 Å². The number of fused-ring (bicyclic) bond motifs is 2. The number of para-hydroxylation sites is 1. The van der Waals surface area contributed by atoms with Gasteiger partial charge in [-0.3, -0.25) is 25.2 Å². The van der Waals surface area contributed by atoms with Crippen LogP contribution in [-0.4, -0.2) is 30.0 Å². The van der Waals surface area contributed by atoms with Gasteiger partial charge in [0.15, 0.2) is 12.2 Å². The van der Waals surface area contributed by atoms with Crippen molar-refractivity contribution in [2.24, 2.45) is 10.8 Å². The van der Waals surface area contributed by atoms with Crippen molar-refractivity contribution in [2.45, 2.75) is 39.2 Å². The van der Waals surface area contributed by atoms with Gasteiger partial charge in [-0.15, -0.1) is 0 Å². The quantitative estimate of drug-likeness (QED) is 0.634. The summed E-state index contributed by atoms with van der Waals surface area (Å²) >= 11 is 0. The third-order valence-electron chi connectivity index (χ3n) is 5.88. The Balaban J connectivity index is 1.58. The predicted octanol–water partition coefficient (Wildman–Crippen LogP) is 1.33. The summed E-state index contributed by atoms with van der Waals surface area (Å²) in [6.07, 6.45) is 1.02. The highest BCUT2D eigenvalue weighted by atomic mass is 16.6. The molecule has 1 aliphatic carbocycles. The highest BCUT2D eigenvalue weighted by molar-refractivity contribution is 5.97. The van der Waals surface area contributed by atoms with Crippen molar-refractivity contribution in [3.8, 4) is 5.75 Å². The smallest absolute Gasteiger partial charge is 0.313 e. The molecule has 2 bridgehead atoms. The summed E-state index contributed by atoms with van der Waals surface area (Å²) in [4.78, 5) is 36.7. The van der Waals surface area contributed by atoms with E-state index in [1.54, 1.807) is 24.3 Å². The number of hydrazine groups is 1. The number of ether oxygens (including phenoxy) is 2. The molecule has 25 heavy (non-hydrogen) atoms. The topological polar surface area (TPSA) is 93.7 Å². The van der Waals surface area contributed by atoms with Gasteiger partial charge in [0.25, 0.3) is 11.8 Å². The van der Waals surface area contributed by atoms with E-state index in [0.717, 1.165) is 0 Å². The van der Waals surface area contributed by atoms with E-state index >= 15 is 0 Å². The number of carbonyl (C=O) groups is 3. The Morgan fingerprint density at radius 2 is 1.80 bits per heavy atom. The van der Waals surface area contributed by atoms with Gasteiger partial charge in [0.1, 0.15) is 5.75 Å². The number of carbonyl (C=O) groups excluding carboxylic acids is 3. The van der Waals surface area contributed by atoms with E-state index in [2.05, 4.69) is 10.9 Å². The molecule has 0 aromatic heterocycles. The lowest BCUT2D eigenvalue weighted by Crippen LogP contribution is -2.58. The third-order valence-corrected chi connectivity index (χ3v) is 5.88. The lowest BCUT2D eigenvalue weighted by atomic mass is 9.66. The summed E-state index contributed by atoms with van der Waals surface area (Å²) in [7, 11) is 0. The molecular weight excluding hydrogens is 324 g/mol. The minimum absolute atomic E-state index is 0.238. The Bertz CT molecular complexity index is 717. The van der Waals surface area contributed by atoms with Gasteiger partial charge in [-0.1, -0.05) is 32.0 Å². The van der Waals surface area contributed by atoms with Crippen molar-refractivity contribution < 1.29 is 23.9 Å². The van der Waals surface area contributed by atoms with Gasteiger partial charge >= 0.3 is 5.97 Å². The molecule has 1 aliphatic heterocycles. The zero-order valence-electron chi connectivity index (χ0n) is 14.5. The lowest BCUT2D eigenvalue weighted by molar-refractivity contribution is -0.169. The van der Waals surface area contributed by atoms with Crippen molar-refractivity contribution in [1.82, 2.24) is 10.9 Å². The highest BCUT2D eigenvalue weighted by Crippen LogP contribution is 2.65. The molecule has 2 fully saturated rings. The van der Waals surface area contributed by atoms with Gasteiger partial charge in [0, 0.05) is 5.41 Å². The molecule has 0 unspecified atom stereocenters. The Labute approximate surface area is 146 Å². The number of rotatable bonds is 4. The van der Waals surface area contributed by atoms with E-state index in [1.165, 1.54) is 0 Å². The Morgan fingerprint density at radius 1 is 1.12 bits per heavy atom. The van der Waals surface area contributed by atoms with Crippen LogP contribution in [0.15, 0.2) is 30.3 Å². The van der Waals surface area contributed by atoms with Crippen molar-refractivity contribution in [3.63, 3.8) is 0 Å². The number of benzene rings is 1. The van der Waals surface area contributed by atoms with Gasteiger partial charge in [0.2, 0.25) is 0 Å². The van der Waals surface area contributed by atoms with Crippen LogP contribution in [0.3, 0.4) is 0 Å². The summed E-state index contributed by atoms with van der Waals surface area (Å²) in [6.45, 7) is 5.29. The number of amides is 2. The third kappa shape index (κ3) is 2.45. The lowest BCUT2D eigenvalue weighted by Gasteiger charge is -2.35. The fourth-order valence-corrected chi connectivity index (χ4v) is 3.68. The summed E-state index contributed by atoms with van der Waals surface area (Å²) in [5.74, 6) is -0.825. The van der Waals surface area contributed by atoms with E-state index in [0.29, 0.717) is 18.6 Å². The maximum atomic E-state index is 12.7. The predicted molar refractivity (Wildman–Crippen MR) is 88.2 cm³/mol. The van der Waals surface area contributed by atoms with Gasteiger partial charge in [-0.05, 0) is 31.9 Å². The summed E-state index contributed by atoms with van der Waals surface area (Å²) < 4.78 is 10.8. The Morgan fingerprint density at radius 3 is 2.36 bits per heavy atom. The molecule has 2 N–H and O–H groups in total. The summed E-state index contributed by atoms with van der Waals surface area (Å²) in [6, 6.07) is 8.88. The second kappa shape index (κ2) is 5.75. The number of nitrogens with one attached hydrogen (secondary N) is 2. The molecule has 1 aromatic carbocycles. The minimum atomic E-state index is -1.26. The maximum Gasteiger partial charge on any atom is 0.313 e. The molecule has 0 spiro atoms. The van der Waals surface area contributed by atoms with Crippen LogP contribution in [0.4, 0.5) is 0 Å². The van der Waals surface area contributed by atoms with Crippen LogP contribution < -0.4 is 15.6 Å². The van der Waals surface area contributed by atoms with Gasteiger partial charge in [-0.25, -0.2) is 0 Å². The zero-order valence-corrected chi connectivity index (χ0v) is 14.5. The van der Waals surface area contributed by atoms with E-state index in [4.69, 9.17) is 9.47 Å². The van der Waals surface area contributed by atoms with Crippen LogP contribution in [0.2, 0.25) is 0 Å². The SMILES string of the molecule is CC1(C)[C@@]2(C(=O)NNC(=O)COc3ccccc3)CC[C@]1(C)C(=O)O2. The fourth-order valence-electron chi connectivity index (χ4n) is 3.68. The Kier molecular flexibility index (Phi) is 3.97. The second-order valence-electron chi connectivity index (χ2n) is 7.28. The second-order valence-corrected chi connectivity index (χ2v) is 7.28. The summed E-state index contributed by atoms with van der Waals surface area (Å²) in [5.41, 5.74) is 2.09. The molecule has 7 nitrogen and oxygen atoms in total. The molecule has 0 radical (unpaired) electrons. The molecule has 2 aliphatic rings. The largest absolute Gasteiger partial charge is 0.484 e. The molecule has 1 heterocycles. The monoisotopic (exact) mass is 346 g/mol. The molecular formula is C18H22N2O5. The van der Waals surface area contributed by atoms with Crippen LogP contribution in [0.5, 0.6) is 5.75 Å². The van der Waals surface area contributed by atoms with E-state index < -0.39 is 28.2 Å². The average molecular weight is 346 g/mol. The number of esters is 1. The van der Waals surface area contributed by atoms with Crippen molar-refractivity contribution in [3.05, 3.63) is 30.3 Å². The summed E-state index contributed by atoms with van der Waals surface area (Å²) in [5, 5.41) is 0. The molecule has 2 atom stereocenters. The van der Waals surface area contributed by atoms with Crippen LogP contribution in [0, 0.1) is 10.8 Å². The van der Waals surface area contributed by atoms with E-state index in [9.17, 15) is 14.4 Å². The zero-order chi connectivity index (χ0) is 18.3. The first-order valence-corrected chi connectivity index (χ1v) is 8.23. The van der Waals surface area contributed by atoms with Crippen molar-refractivity contribution in [2.75, 3.05) is 6.61 Å². The fraction of sp³-hybridized carbons (Fsp3) is 0.500. The molecule has 1 aromatic rings. The van der Waals surface area contributed by atoms with Crippen molar-refractivity contribution >= 4 is 17.8 Å². The molecule has 3 rings (SSSR count). The molecule has 1 saturated carbocycles. The molecule has 7 heteroatoms. The van der Waals surface area contributed by atoms with E-state index in [1.807, 2.05) is 26.8 Å². The Hall–Kier alpha value is -2.57. The molecule has 1 saturated heterocycles. The first kappa shape index (κ1) is 17.3. The normalized spacial score (nSPS) is 29.0. The standard InChI is InChI=1S/C18H22N2O5/c1-16(2)17(3)9-10-18(16,25-15(17)23)14(22)20-19-13(21)11-24-12-7-5-4-6-8-12/h4-8H,9-11H2,1-3H3,(H,19,21)(H,20,22)/t17-,18+/m1/s1. The average Bonchev–Trinajstić information content (AvgIpc) is 2.89. The molecule has 2 amide bonds. The molecule has 134 valence electrons. The first-order chi connectivity index (χ1) is 11.7. The van der Waals surface area contributed by atoms with Crippen molar-refractivity contribution in [1.29, 1.82) is 0 Å². The minimum Gasteiger partial charge on any atom is -0.484 e. The maximum absolute atomic E-state index is 12.7. The van der Waals surface area contributed by atoms with Crippen LogP contribution in [0.1, 0.15) is 33.6 Å². The van der Waals surface area contributed by atoms with Crippen LogP contribution >= 0.6 is 0 Å². The van der Waals surface area contributed by atoms with Crippen LogP contribution in [0.25, 0.3) is 0 Å². The van der Waals surface area contributed by atoms with Gasteiger partial charge in [-0.2, -0.15) is 0 Å². The number of hydrogen-bond acceptors (Lipinski definition) is 5.